The number of aromatic nitrogens is 3. The maximum atomic E-state index is 4.48. The molecule has 0 saturated heterocycles. The minimum absolute atomic E-state index is 0.0630. The molecule has 96 valence electrons. The van der Waals surface area contributed by atoms with Gasteiger partial charge in [-0.3, -0.25) is 9.67 Å². The van der Waals surface area contributed by atoms with Crippen molar-refractivity contribution in [1.29, 1.82) is 0 Å². The SMILES string of the molecule is CCCNC(c1ncccc1Br)c1ccnn1C. The number of rotatable bonds is 5. The van der Waals surface area contributed by atoms with Crippen molar-refractivity contribution in [3.8, 4) is 0 Å². The molecule has 1 unspecified atom stereocenters. The van der Waals surface area contributed by atoms with E-state index in [1.165, 1.54) is 0 Å². The van der Waals surface area contributed by atoms with Gasteiger partial charge in [-0.15, -0.1) is 0 Å². The highest BCUT2D eigenvalue weighted by Gasteiger charge is 2.19. The maximum absolute atomic E-state index is 4.48. The number of halogens is 1. The Morgan fingerprint density at radius 1 is 1.39 bits per heavy atom. The molecule has 0 aliphatic carbocycles. The molecule has 1 N–H and O–H groups in total. The van der Waals surface area contributed by atoms with Crippen LogP contribution in [0.2, 0.25) is 0 Å². The average Bonchev–Trinajstić information content (AvgIpc) is 2.78. The summed E-state index contributed by atoms with van der Waals surface area (Å²) in [6, 6.07) is 6.02. The van der Waals surface area contributed by atoms with Gasteiger partial charge in [0.2, 0.25) is 0 Å². The highest BCUT2D eigenvalue weighted by molar-refractivity contribution is 9.10. The zero-order valence-corrected chi connectivity index (χ0v) is 12.2. The Morgan fingerprint density at radius 2 is 2.22 bits per heavy atom. The fraction of sp³-hybridized carbons (Fsp3) is 0.385. The number of hydrogen-bond acceptors (Lipinski definition) is 3. The van der Waals surface area contributed by atoms with Crippen LogP contribution in [0, 0.1) is 0 Å². The molecule has 18 heavy (non-hydrogen) atoms. The molecule has 0 aliphatic heterocycles. The topological polar surface area (TPSA) is 42.7 Å². The van der Waals surface area contributed by atoms with Crippen LogP contribution in [0.1, 0.15) is 30.8 Å². The van der Waals surface area contributed by atoms with E-state index in [0.717, 1.165) is 28.8 Å². The molecule has 0 fully saturated rings. The van der Waals surface area contributed by atoms with Gasteiger partial charge in [0.15, 0.2) is 0 Å². The summed E-state index contributed by atoms with van der Waals surface area (Å²) in [7, 11) is 1.95. The second-order valence-electron chi connectivity index (χ2n) is 4.14. The van der Waals surface area contributed by atoms with E-state index in [-0.39, 0.29) is 6.04 Å². The van der Waals surface area contributed by atoms with Crippen molar-refractivity contribution in [3.05, 3.63) is 46.5 Å². The Balaban J connectivity index is 2.37. The van der Waals surface area contributed by atoms with Gasteiger partial charge >= 0.3 is 0 Å². The quantitative estimate of drug-likeness (QED) is 0.923. The molecule has 0 aromatic carbocycles. The average molecular weight is 309 g/mol. The minimum atomic E-state index is 0.0630. The molecular formula is C13H17BrN4. The molecule has 0 radical (unpaired) electrons. The van der Waals surface area contributed by atoms with Crippen molar-refractivity contribution >= 4 is 15.9 Å². The Labute approximate surface area is 116 Å². The molecule has 2 heterocycles. The molecular weight excluding hydrogens is 292 g/mol. The summed E-state index contributed by atoms with van der Waals surface area (Å²) in [5.74, 6) is 0. The lowest BCUT2D eigenvalue weighted by atomic mass is 10.1. The molecule has 0 saturated carbocycles. The lowest BCUT2D eigenvalue weighted by Gasteiger charge is -2.19. The van der Waals surface area contributed by atoms with Crippen molar-refractivity contribution in [1.82, 2.24) is 20.1 Å². The van der Waals surface area contributed by atoms with Crippen LogP contribution in [0.5, 0.6) is 0 Å². The molecule has 0 bridgehead atoms. The van der Waals surface area contributed by atoms with Gasteiger partial charge in [0, 0.05) is 23.9 Å². The Bertz CT molecular complexity index is 509. The van der Waals surface area contributed by atoms with Gasteiger partial charge < -0.3 is 5.32 Å². The van der Waals surface area contributed by atoms with E-state index in [1.54, 1.807) is 0 Å². The first-order chi connectivity index (χ1) is 8.74. The predicted molar refractivity (Wildman–Crippen MR) is 75.3 cm³/mol. The zero-order valence-electron chi connectivity index (χ0n) is 10.6. The van der Waals surface area contributed by atoms with Gasteiger partial charge in [0.1, 0.15) is 0 Å². The molecule has 0 aliphatic rings. The molecule has 1 atom stereocenters. The Kier molecular flexibility index (Phi) is 4.49. The van der Waals surface area contributed by atoms with Gasteiger partial charge in [-0.1, -0.05) is 6.92 Å². The van der Waals surface area contributed by atoms with E-state index >= 15 is 0 Å². The highest BCUT2D eigenvalue weighted by Crippen LogP contribution is 2.26. The lowest BCUT2D eigenvalue weighted by molar-refractivity contribution is 0.542. The number of nitrogens with one attached hydrogen (secondary N) is 1. The van der Waals surface area contributed by atoms with Crippen LogP contribution in [0.4, 0.5) is 0 Å². The first kappa shape index (κ1) is 13.2. The monoisotopic (exact) mass is 308 g/mol. The summed E-state index contributed by atoms with van der Waals surface area (Å²) >= 11 is 3.57. The van der Waals surface area contributed by atoms with E-state index in [0.29, 0.717) is 0 Å². The molecule has 4 nitrogen and oxygen atoms in total. The van der Waals surface area contributed by atoms with E-state index < -0.39 is 0 Å². The lowest BCUT2D eigenvalue weighted by Crippen LogP contribution is -2.26. The van der Waals surface area contributed by atoms with E-state index in [4.69, 9.17) is 0 Å². The normalized spacial score (nSPS) is 12.6. The molecule has 0 spiro atoms. The van der Waals surface area contributed by atoms with Crippen molar-refractivity contribution in [2.75, 3.05) is 6.54 Å². The van der Waals surface area contributed by atoms with Crippen LogP contribution < -0.4 is 5.32 Å². The standard InChI is InChI=1S/C13H17BrN4/c1-3-7-15-13(11-6-9-17-18(11)2)12-10(14)5-4-8-16-12/h4-6,8-9,13,15H,3,7H2,1-2H3. The molecule has 2 aromatic rings. The number of nitrogens with zero attached hydrogens (tertiary/aromatic N) is 3. The molecule has 0 amide bonds. The summed E-state index contributed by atoms with van der Waals surface area (Å²) < 4.78 is 2.90. The third-order valence-corrected chi connectivity index (χ3v) is 3.48. The van der Waals surface area contributed by atoms with Crippen LogP contribution >= 0.6 is 15.9 Å². The van der Waals surface area contributed by atoms with E-state index in [1.807, 2.05) is 42.3 Å². The summed E-state index contributed by atoms with van der Waals surface area (Å²) in [5, 5.41) is 7.75. The van der Waals surface area contributed by atoms with Gasteiger partial charge in [0.25, 0.3) is 0 Å². The second kappa shape index (κ2) is 6.11. The van der Waals surface area contributed by atoms with Crippen molar-refractivity contribution in [2.24, 2.45) is 7.05 Å². The highest BCUT2D eigenvalue weighted by atomic mass is 79.9. The third-order valence-electron chi connectivity index (χ3n) is 2.81. The van der Waals surface area contributed by atoms with Crippen molar-refractivity contribution in [3.63, 3.8) is 0 Å². The van der Waals surface area contributed by atoms with Crippen molar-refractivity contribution < 1.29 is 0 Å². The minimum Gasteiger partial charge on any atom is -0.304 e. The maximum Gasteiger partial charge on any atom is 0.0933 e. The van der Waals surface area contributed by atoms with Gasteiger partial charge in [-0.05, 0) is 47.1 Å². The molecule has 2 rings (SSSR count). The number of aryl methyl sites for hydroxylation is 1. The Hall–Kier alpha value is -1.20. The third kappa shape index (κ3) is 2.79. The largest absolute Gasteiger partial charge is 0.304 e. The van der Waals surface area contributed by atoms with Crippen LogP contribution in [0.15, 0.2) is 35.1 Å². The summed E-state index contributed by atoms with van der Waals surface area (Å²) in [6.45, 7) is 3.10. The van der Waals surface area contributed by atoms with Crippen LogP contribution in [0.3, 0.4) is 0 Å². The summed E-state index contributed by atoms with van der Waals surface area (Å²) in [6.07, 6.45) is 4.71. The van der Waals surface area contributed by atoms with Crippen LogP contribution in [0.25, 0.3) is 0 Å². The first-order valence-electron chi connectivity index (χ1n) is 6.05. The zero-order chi connectivity index (χ0) is 13.0. The van der Waals surface area contributed by atoms with Gasteiger partial charge in [0.05, 0.1) is 17.4 Å². The molecule has 2 aromatic heterocycles. The molecule has 5 heteroatoms. The Morgan fingerprint density at radius 3 is 2.83 bits per heavy atom. The second-order valence-corrected chi connectivity index (χ2v) is 4.99. The fourth-order valence-corrected chi connectivity index (χ4v) is 2.39. The van der Waals surface area contributed by atoms with Crippen molar-refractivity contribution in [2.45, 2.75) is 19.4 Å². The van der Waals surface area contributed by atoms with Crippen LogP contribution in [-0.4, -0.2) is 21.3 Å². The van der Waals surface area contributed by atoms with Gasteiger partial charge in [-0.25, -0.2) is 0 Å². The smallest absolute Gasteiger partial charge is 0.0933 e. The summed E-state index contributed by atoms with van der Waals surface area (Å²) in [5.41, 5.74) is 2.11. The van der Waals surface area contributed by atoms with Crippen LogP contribution in [-0.2, 0) is 7.05 Å². The number of pyridine rings is 1. The van der Waals surface area contributed by atoms with Gasteiger partial charge in [-0.2, -0.15) is 5.10 Å². The van der Waals surface area contributed by atoms with E-state index in [2.05, 4.69) is 38.3 Å². The fourth-order valence-electron chi connectivity index (χ4n) is 1.91. The number of hydrogen-bond donors (Lipinski definition) is 1. The first-order valence-corrected chi connectivity index (χ1v) is 6.85. The summed E-state index contributed by atoms with van der Waals surface area (Å²) in [4.78, 5) is 4.48. The predicted octanol–water partition coefficient (Wildman–Crippen LogP) is 2.67. The van der Waals surface area contributed by atoms with E-state index in [9.17, 15) is 0 Å².